The minimum atomic E-state index is -4.37. The van der Waals surface area contributed by atoms with E-state index in [1.165, 1.54) is 15.9 Å². The average molecular weight is 366 g/mol. The van der Waals surface area contributed by atoms with E-state index in [0.717, 1.165) is 4.88 Å². The van der Waals surface area contributed by atoms with E-state index < -0.39 is 18.7 Å². The molecule has 0 aliphatic heterocycles. The van der Waals surface area contributed by atoms with E-state index in [9.17, 15) is 18.0 Å². The Kier molecular flexibility index (Phi) is 5.91. The Balaban J connectivity index is 1.84. The minimum absolute atomic E-state index is 0.0194. The van der Waals surface area contributed by atoms with Gasteiger partial charge in [0.05, 0.1) is 11.5 Å². The predicted octanol–water partition coefficient (Wildman–Crippen LogP) is 2.36. The van der Waals surface area contributed by atoms with Crippen LogP contribution in [-0.4, -0.2) is 46.6 Å². The van der Waals surface area contributed by atoms with Crippen LogP contribution in [0.5, 0.6) is 0 Å². The van der Waals surface area contributed by atoms with E-state index in [1.54, 1.807) is 0 Å². The first kappa shape index (κ1) is 17.6. The van der Waals surface area contributed by atoms with Gasteiger partial charge in [-0.2, -0.15) is 18.3 Å². The van der Waals surface area contributed by atoms with Crippen molar-refractivity contribution in [3.63, 3.8) is 0 Å². The molecule has 0 bridgehead atoms. The predicted molar refractivity (Wildman–Crippen MR) is 80.6 cm³/mol. The van der Waals surface area contributed by atoms with E-state index in [4.69, 9.17) is 12.2 Å². The van der Waals surface area contributed by atoms with Crippen molar-refractivity contribution in [1.29, 1.82) is 0 Å². The van der Waals surface area contributed by atoms with E-state index >= 15 is 0 Å². The maximum Gasteiger partial charge on any atom is 0.411 e. The maximum atomic E-state index is 11.9. The van der Waals surface area contributed by atoms with Crippen LogP contribution in [-0.2, 0) is 16.1 Å². The second-order valence-electron chi connectivity index (χ2n) is 4.43. The first-order chi connectivity index (χ1) is 10.9. The van der Waals surface area contributed by atoms with Gasteiger partial charge in [0.1, 0.15) is 13.2 Å². The lowest BCUT2D eigenvalue weighted by Gasteiger charge is -2.09. The Hall–Kier alpha value is -1.72. The number of nitrogens with zero attached hydrogens (tertiary/aromatic N) is 2. The van der Waals surface area contributed by atoms with Crippen molar-refractivity contribution in [2.75, 3.05) is 19.8 Å². The summed E-state index contributed by atoms with van der Waals surface area (Å²) in [7, 11) is 0. The van der Waals surface area contributed by atoms with Gasteiger partial charge in [0, 0.05) is 6.54 Å². The maximum absolute atomic E-state index is 11.9. The molecule has 0 unspecified atom stereocenters. The summed E-state index contributed by atoms with van der Waals surface area (Å²) in [6.07, 6.45) is -4.37. The fraction of sp³-hybridized carbons (Fsp3) is 0.417. The molecule has 6 nitrogen and oxygen atoms in total. The smallest absolute Gasteiger partial charge is 0.370 e. The number of H-pyrrole nitrogens is 1. The lowest BCUT2D eigenvalue weighted by Crippen LogP contribution is -2.31. The molecule has 2 N–H and O–H groups in total. The summed E-state index contributed by atoms with van der Waals surface area (Å²) in [5.74, 6) is 0.143. The Labute approximate surface area is 138 Å². The van der Waals surface area contributed by atoms with Crippen LogP contribution in [0.1, 0.15) is 0 Å². The molecule has 0 saturated heterocycles. The van der Waals surface area contributed by atoms with E-state index in [1.807, 2.05) is 17.5 Å². The normalized spacial score (nSPS) is 11.6. The molecule has 0 aromatic carbocycles. The van der Waals surface area contributed by atoms with Crippen LogP contribution in [0.3, 0.4) is 0 Å². The number of carbonyl (C=O) groups is 1. The summed E-state index contributed by atoms with van der Waals surface area (Å²) in [6, 6.07) is 3.69. The van der Waals surface area contributed by atoms with Gasteiger partial charge in [-0.1, -0.05) is 6.07 Å². The standard InChI is InChI=1S/C12H13F3N4O2S2/c13-12(14,15)7-21-4-3-16-9(20)6-19-10(17-18-11(19)22)8-2-1-5-23-8/h1-2,5H,3-4,6-7H2,(H,16,20)(H,18,22). The van der Waals surface area contributed by atoms with E-state index in [0.29, 0.717) is 5.82 Å². The number of halogens is 3. The molecule has 2 aromatic rings. The summed E-state index contributed by atoms with van der Waals surface area (Å²) >= 11 is 6.53. The van der Waals surface area contributed by atoms with Crippen LogP contribution in [0.25, 0.3) is 10.7 Å². The van der Waals surface area contributed by atoms with Gasteiger partial charge in [-0.15, -0.1) is 11.3 Å². The number of aromatic amines is 1. The number of ether oxygens (including phenoxy) is 1. The molecule has 0 aliphatic carbocycles. The van der Waals surface area contributed by atoms with Crippen LogP contribution in [0.15, 0.2) is 17.5 Å². The van der Waals surface area contributed by atoms with Gasteiger partial charge in [-0.05, 0) is 23.7 Å². The monoisotopic (exact) mass is 366 g/mol. The van der Waals surface area contributed by atoms with Crippen molar-refractivity contribution in [2.24, 2.45) is 0 Å². The third-order valence-corrected chi connectivity index (χ3v) is 3.81. The fourth-order valence-electron chi connectivity index (χ4n) is 1.71. The molecule has 0 atom stereocenters. The largest absolute Gasteiger partial charge is 0.411 e. The number of hydrogen-bond acceptors (Lipinski definition) is 5. The second kappa shape index (κ2) is 7.70. The van der Waals surface area contributed by atoms with Gasteiger partial charge >= 0.3 is 6.18 Å². The number of aromatic nitrogens is 3. The third kappa shape index (κ3) is 5.44. The second-order valence-corrected chi connectivity index (χ2v) is 5.77. The van der Waals surface area contributed by atoms with Crippen molar-refractivity contribution < 1.29 is 22.7 Å². The molecule has 23 heavy (non-hydrogen) atoms. The topological polar surface area (TPSA) is 71.9 Å². The van der Waals surface area contributed by atoms with Gasteiger partial charge in [-0.25, -0.2) is 0 Å². The highest BCUT2D eigenvalue weighted by atomic mass is 32.1. The molecule has 0 spiro atoms. The number of amides is 1. The SMILES string of the molecule is O=C(Cn1c(-c2cccs2)n[nH]c1=S)NCCOCC(F)(F)F. The fourth-order valence-corrected chi connectivity index (χ4v) is 2.63. The van der Waals surface area contributed by atoms with Crippen LogP contribution < -0.4 is 5.32 Å². The molecule has 0 aliphatic rings. The van der Waals surface area contributed by atoms with Crippen molar-refractivity contribution in [1.82, 2.24) is 20.1 Å². The minimum Gasteiger partial charge on any atom is -0.370 e. The van der Waals surface area contributed by atoms with Crippen LogP contribution >= 0.6 is 23.6 Å². The number of alkyl halides is 3. The average Bonchev–Trinajstić information content (AvgIpc) is 3.08. The summed E-state index contributed by atoms with van der Waals surface area (Å²) in [5.41, 5.74) is 0. The molecule has 126 valence electrons. The van der Waals surface area contributed by atoms with Crippen molar-refractivity contribution >= 4 is 29.5 Å². The number of thiophene rings is 1. The van der Waals surface area contributed by atoms with E-state index in [2.05, 4.69) is 20.3 Å². The Morgan fingerprint density at radius 3 is 2.96 bits per heavy atom. The van der Waals surface area contributed by atoms with Gasteiger partial charge in [0.2, 0.25) is 5.91 Å². The van der Waals surface area contributed by atoms with Crippen LogP contribution in [0, 0.1) is 4.77 Å². The highest BCUT2D eigenvalue weighted by Crippen LogP contribution is 2.22. The molecule has 0 fully saturated rings. The molecule has 2 aromatic heterocycles. The van der Waals surface area contributed by atoms with Crippen molar-refractivity contribution in [3.05, 3.63) is 22.3 Å². The van der Waals surface area contributed by atoms with Gasteiger partial charge in [-0.3, -0.25) is 14.5 Å². The summed E-state index contributed by atoms with van der Waals surface area (Å²) in [4.78, 5) is 12.7. The first-order valence-corrected chi connectivity index (χ1v) is 7.76. The van der Waals surface area contributed by atoms with Crippen molar-refractivity contribution in [3.8, 4) is 10.7 Å². The van der Waals surface area contributed by atoms with Crippen LogP contribution in [0.2, 0.25) is 0 Å². The lowest BCUT2D eigenvalue weighted by molar-refractivity contribution is -0.173. The Morgan fingerprint density at radius 2 is 2.30 bits per heavy atom. The number of nitrogens with one attached hydrogen (secondary N) is 2. The highest BCUT2D eigenvalue weighted by Gasteiger charge is 2.27. The number of rotatable bonds is 7. The quantitative estimate of drug-likeness (QED) is 0.583. The van der Waals surface area contributed by atoms with Gasteiger partial charge in [0.15, 0.2) is 10.6 Å². The molecule has 1 amide bonds. The third-order valence-electron chi connectivity index (χ3n) is 2.64. The molecular weight excluding hydrogens is 353 g/mol. The first-order valence-electron chi connectivity index (χ1n) is 6.47. The molecule has 11 heteroatoms. The summed E-state index contributed by atoms with van der Waals surface area (Å²) < 4.78 is 41.9. The summed E-state index contributed by atoms with van der Waals surface area (Å²) in [5, 5.41) is 11.0. The number of hydrogen-bond donors (Lipinski definition) is 2. The van der Waals surface area contributed by atoms with Gasteiger partial charge < -0.3 is 10.1 Å². The Bertz CT molecular complexity index is 694. The van der Waals surface area contributed by atoms with Gasteiger partial charge in [0.25, 0.3) is 0 Å². The molecule has 0 radical (unpaired) electrons. The molecule has 0 saturated carbocycles. The zero-order chi connectivity index (χ0) is 16.9. The summed E-state index contributed by atoms with van der Waals surface area (Å²) in [6.45, 7) is -1.66. The molecular formula is C12H13F3N4O2S2. The lowest BCUT2D eigenvalue weighted by atomic mass is 10.4. The van der Waals surface area contributed by atoms with Crippen LogP contribution in [0.4, 0.5) is 13.2 Å². The zero-order valence-corrected chi connectivity index (χ0v) is 13.4. The van der Waals surface area contributed by atoms with Crippen molar-refractivity contribution in [2.45, 2.75) is 12.7 Å². The highest BCUT2D eigenvalue weighted by molar-refractivity contribution is 7.71. The van der Waals surface area contributed by atoms with E-state index in [-0.39, 0.29) is 24.5 Å². The number of carbonyl (C=O) groups excluding carboxylic acids is 1. The molecule has 2 heterocycles. The Morgan fingerprint density at radius 1 is 1.52 bits per heavy atom. The molecule has 2 rings (SSSR count). The zero-order valence-electron chi connectivity index (χ0n) is 11.7.